The fourth-order valence-electron chi connectivity index (χ4n) is 2.21. The molecule has 23 heavy (non-hydrogen) atoms. The number of aromatic nitrogens is 1. The number of anilines is 1. The fourth-order valence-corrected chi connectivity index (χ4v) is 4.18. The Balaban J connectivity index is 2.11. The van der Waals surface area contributed by atoms with Crippen LogP contribution in [-0.4, -0.2) is 25.6 Å². The van der Waals surface area contributed by atoms with Gasteiger partial charge in [-0.2, -0.15) is 0 Å². The molecule has 2 heterocycles. The predicted octanol–water partition coefficient (Wildman–Crippen LogP) is 3.56. The second-order valence-corrected chi connectivity index (χ2v) is 10.2. The topological polar surface area (TPSA) is 76.1 Å². The molecule has 0 radical (unpaired) electrons. The van der Waals surface area contributed by atoms with E-state index in [0.29, 0.717) is 5.92 Å². The molecule has 0 bridgehead atoms. The van der Waals surface area contributed by atoms with Crippen molar-refractivity contribution in [3.8, 4) is 0 Å². The van der Waals surface area contributed by atoms with Gasteiger partial charge in [0.25, 0.3) is 0 Å². The van der Waals surface area contributed by atoms with Gasteiger partial charge in [-0.1, -0.05) is 20.8 Å². The van der Waals surface area contributed by atoms with Crippen molar-refractivity contribution in [3.05, 3.63) is 17.0 Å². The Morgan fingerprint density at radius 3 is 2.48 bits per heavy atom. The number of pyridine rings is 1. The largest absolute Gasteiger partial charge is 0.309 e. The smallest absolute Gasteiger partial charge is 0.230 e. The highest BCUT2D eigenvalue weighted by Crippen LogP contribution is 2.45. The van der Waals surface area contributed by atoms with Gasteiger partial charge in [-0.3, -0.25) is 4.79 Å². The number of sulfone groups is 1. The summed E-state index contributed by atoms with van der Waals surface area (Å²) in [5.74, 6) is 0.459. The van der Waals surface area contributed by atoms with E-state index in [1.165, 1.54) is 17.7 Å². The summed E-state index contributed by atoms with van der Waals surface area (Å²) in [6, 6.07) is 3.65. The van der Waals surface area contributed by atoms with Crippen LogP contribution in [0.2, 0.25) is 0 Å². The maximum absolute atomic E-state index is 12.2. The van der Waals surface area contributed by atoms with Gasteiger partial charge in [-0.25, -0.2) is 13.4 Å². The van der Waals surface area contributed by atoms with Gasteiger partial charge in [0, 0.05) is 21.9 Å². The zero-order chi connectivity index (χ0) is 17.0. The maximum Gasteiger partial charge on any atom is 0.230 e. The van der Waals surface area contributed by atoms with E-state index in [9.17, 15) is 13.2 Å². The lowest BCUT2D eigenvalue weighted by Crippen LogP contribution is -2.28. The second kappa shape index (κ2) is 5.27. The third-order valence-corrected chi connectivity index (χ3v) is 6.10. The monoisotopic (exact) mass is 352 g/mol. The van der Waals surface area contributed by atoms with Crippen molar-refractivity contribution < 1.29 is 13.2 Å². The van der Waals surface area contributed by atoms with Crippen molar-refractivity contribution in [1.82, 2.24) is 4.98 Å². The van der Waals surface area contributed by atoms with Crippen LogP contribution < -0.4 is 5.32 Å². The minimum atomic E-state index is -3.48. The molecule has 3 rings (SSSR count). The molecule has 1 aliphatic carbocycles. The lowest BCUT2D eigenvalue weighted by Gasteiger charge is -2.18. The number of thiophene rings is 1. The van der Waals surface area contributed by atoms with Crippen LogP contribution in [0.1, 0.15) is 44.4 Å². The molecule has 0 saturated heterocycles. The number of rotatable bonds is 3. The van der Waals surface area contributed by atoms with E-state index in [1.54, 1.807) is 38.2 Å². The van der Waals surface area contributed by atoms with Gasteiger partial charge in [0.05, 0.1) is 0 Å². The standard InChI is InChI=1S/C16H20N2O3S2/c1-16(2,3)15(19)18-13-12(23(4,20)21)8-10-7-11(9-5-6-9)22-14(10)17-13/h7-9H,5-6H2,1-4H3,(H,17,18,19). The molecule has 1 N–H and O–H groups in total. The van der Waals surface area contributed by atoms with Gasteiger partial charge in [0.15, 0.2) is 15.7 Å². The van der Waals surface area contributed by atoms with Gasteiger partial charge in [-0.15, -0.1) is 11.3 Å². The van der Waals surface area contributed by atoms with Crippen molar-refractivity contribution in [2.45, 2.75) is 44.4 Å². The van der Waals surface area contributed by atoms with Crippen LogP contribution in [0, 0.1) is 5.41 Å². The summed E-state index contributed by atoms with van der Waals surface area (Å²) < 4.78 is 24.2. The zero-order valence-electron chi connectivity index (χ0n) is 13.6. The van der Waals surface area contributed by atoms with Crippen molar-refractivity contribution >= 4 is 43.1 Å². The minimum Gasteiger partial charge on any atom is -0.309 e. The molecule has 2 aromatic heterocycles. The summed E-state index contributed by atoms with van der Waals surface area (Å²) in [5, 5.41) is 3.51. The van der Waals surface area contributed by atoms with Crippen LogP contribution in [0.3, 0.4) is 0 Å². The van der Waals surface area contributed by atoms with Gasteiger partial charge < -0.3 is 5.32 Å². The fraction of sp³-hybridized carbons (Fsp3) is 0.500. The average molecular weight is 352 g/mol. The van der Waals surface area contributed by atoms with E-state index >= 15 is 0 Å². The Kier molecular flexibility index (Phi) is 3.76. The first-order chi connectivity index (χ1) is 10.6. The van der Waals surface area contributed by atoms with Crippen LogP contribution in [0.15, 0.2) is 17.0 Å². The quantitative estimate of drug-likeness (QED) is 0.916. The van der Waals surface area contributed by atoms with Crippen LogP contribution in [0.5, 0.6) is 0 Å². The molecule has 0 atom stereocenters. The van der Waals surface area contributed by atoms with Crippen molar-refractivity contribution in [2.24, 2.45) is 5.41 Å². The van der Waals surface area contributed by atoms with Crippen molar-refractivity contribution in [1.29, 1.82) is 0 Å². The third-order valence-electron chi connectivity index (χ3n) is 3.78. The lowest BCUT2D eigenvalue weighted by molar-refractivity contribution is -0.123. The number of hydrogen-bond acceptors (Lipinski definition) is 5. The molecule has 0 aromatic carbocycles. The molecular weight excluding hydrogens is 332 g/mol. The number of fused-ring (bicyclic) bond motifs is 1. The molecule has 1 fully saturated rings. The van der Waals surface area contributed by atoms with Gasteiger partial charge >= 0.3 is 0 Å². The Morgan fingerprint density at radius 2 is 1.96 bits per heavy atom. The number of nitrogens with zero attached hydrogens (tertiary/aromatic N) is 1. The summed E-state index contributed by atoms with van der Waals surface area (Å²) in [6.45, 7) is 5.33. The number of nitrogens with one attached hydrogen (secondary N) is 1. The highest BCUT2D eigenvalue weighted by atomic mass is 32.2. The molecule has 0 spiro atoms. The van der Waals surface area contributed by atoms with Crippen LogP contribution in [0.25, 0.3) is 10.2 Å². The number of amides is 1. The van der Waals surface area contributed by atoms with Crippen LogP contribution in [0.4, 0.5) is 5.82 Å². The van der Waals surface area contributed by atoms with Crippen molar-refractivity contribution in [2.75, 3.05) is 11.6 Å². The molecule has 5 nitrogen and oxygen atoms in total. The SMILES string of the molecule is CC(C)(C)C(=O)Nc1nc2sc(C3CC3)cc2cc1S(C)(=O)=O. The van der Waals surface area contributed by atoms with E-state index in [2.05, 4.69) is 10.3 Å². The molecule has 7 heteroatoms. The van der Waals surface area contributed by atoms with E-state index in [0.717, 1.165) is 16.5 Å². The van der Waals surface area contributed by atoms with Gasteiger partial charge in [0.2, 0.25) is 5.91 Å². The predicted molar refractivity (Wildman–Crippen MR) is 92.8 cm³/mol. The third kappa shape index (κ3) is 3.40. The maximum atomic E-state index is 12.2. The molecule has 1 aliphatic rings. The zero-order valence-corrected chi connectivity index (χ0v) is 15.3. The van der Waals surface area contributed by atoms with Crippen LogP contribution >= 0.6 is 11.3 Å². The minimum absolute atomic E-state index is 0.0720. The number of hydrogen-bond donors (Lipinski definition) is 1. The second-order valence-electron chi connectivity index (χ2n) is 7.13. The molecular formula is C16H20N2O3S2. The first-order valence-corrected chi connectivity index (χ1v) is 10.2. The first kappa shape index (κ1) is 16.4. The summed E-state index contributed by atoms with van der Waals surface area (Å²) in [6.07, 6.45) is 3.50. The molecule has 2 aromatic rings. The lowest BCUT2D eigenvalue weighted by atomic mass is 9.96. The Bertz CT molecular complexity index is 888. The molecule has 124 valence electrons. The highest BCUT2D eigenvalue weighted by molar-refractivity contribution is 7.90. The summed E-state index contributed by atoms with van der Waals surface area (Å²) in [7, 11) is -3.48. The first-order valence-electron chi connectivity index (χ1n) is 7.52. The highest BCUT2D eigenvalue weighted by Gasteiger charge is 2.28. The van der Waals surface area contributed by atoms with Crippen molar-refractivity contribution in [3.63, 3.8) is 0 Å². The van der Waals surface area contributed by atoms with E-state index in [-0.39, 0.29) is 16.6 Å². The Labute approximate surface area is 140 Å². The summed E-state index contributed by atoms with van der Waals surface area (Å²) >= 11 is 1.58. The number of carbonyl (C=O) groups excluding carboxylic acids is 1. The number of carbonyl (C=O) groups is 1. The van der Waals surface area contributed by atoms with Crippen LogP contribution in [-0.2, 0) is 14.6 Å². The molecule has 1 amide bonds. The van der Waals surface area contributed by atoms with Gasteiger partial charge in [-0.05, 0) is 30.9 Å². The van der Waals surface area contributed by atoms with E-state index in [4.69, 9.17) is 0 Å². The van der Waals surface area contributed by atoms with E-state index < -0.39 is 15.3 Å². The van der Waals surface area contributed by atoms with Gasteiger partial charge in [0.1, 0.15) is 9.73 Å². The van der Waals surface area contributed by atoms with E-state index in [1.807, 2.05) is 6.07 Å². The Morgan fingerprint density at radius 1 is 1.30 bits per heavy atom. The molecule has 0 aliphatic heterocycles. The summed E-state index contributed by atoms with van der Waals surface area (Å²) in [5.41, 5.74) is -0.625. The molecule has 1 saturated carbocycles. The molecule has 0 unspecified atom stereocenters. The Hall–Kier alpha value is -1.47. The summed E-state index contributed by atoms with van der Waals surface area (Å²) in [4.78, 5) is 18.7. The normalized spacial score (nSPS) is 15.8. The average Bonchev–Trinajstić information content (AvgIpc) is 3.16.